The summed E-state index contributed by atoms with van der Waals surface area (Å²) >= 11 is 0. The summed E-state index contributed by atoms with van der Waals surface area (Å²) in [5, 5.41) is 6.56. The molecule has 2 N–H and O–H groups in total. The normalized spacial score (nSPS) is 28.8. The quantitative estimate of drug-likeness (QED) is 0.791. The van der Waals surface area contributed by atoms with E-state index in [1.54, 1.807) is 6.20 Å². The second kappa shape index (κ2) is 8.70. The second-order valence-electron chi connectivity index (χ2n) is 8.43. The highest BCUT2D eigenvalue weighted by Crippen LogP contribution is 2.30. The maximum Gasteiger partial charge on any atom is 0.223 e. The monoisotopic (exact) mass is 408 g/mol. The minimum atomic E-state index is -0.132. The largest absolute Gasteiger partial charge is 0.371 e. The van der Waals surface area contributed by atoms with Gasteiger partial charge >= 0.3 is 0 Å². The number of amides is 1. The first-order chi connectivity index (χ1) is 14.8. The zero-order valence-corrected chi connectivity index (χ0v) is 17.0. The lowest BCUT2D eigenvalue weighted by molar-refractivity contribution is -0.127. The average molecular weight is 409 g/mol. The molecule has 158 valence electrons. The van der Waals surface area contributed by atoms with Gasteiger partial charge in [-0.1, -0.05) is 49.6 Å². The molecule has 4 atom stereocenters. The van der Waals surface area contributed by atoms with E-state index in [9.17, 15) is 4.79 Å². The van der Waals surface area contributed by atoms with Gasteiger partial charge in [-0.05, 0) is 18.9 Å². The zero-order valence-electron chi connectivity index (χ0n) is 17.0. The minimum absolute atomic E-state index is 0.0439. The first kappa shape index (κ1) is 19.5. The number of fused-ring (bicyclic) bond motifs is 1. The van der Waals surface area contributed by atoms with Crippen molar-refractivity contribution in [2.75, 3.05) is 18.5 Å². The Morgan fingerprint density at radius 3 is 2.47 bits per heavy atom. The first-order valence-corrected chi connectivity index (χ1v) is 11.0. The molecular formula is C23H28N4O3. The van der Waals surface area contributed by atoms with Crippen LogP contribution >= 0.6 is 0 Å². The lowest BCUT2D eigenvalue weighted by Crippen LogP contribution is -2.47. The Morgan fingerprint density at radius 2 is 1.67 bits per heavy atom. The molecule has 30 heavy (non-hydrogen) atoms. The predicted molar refractivity (Wildman–Crippen MR) is 113 cm³/mol. The van der Waals surface area contributed by atoms with Crippen molar-refractivity contribution < 1.29 is 14.3 Å². The number of rotatable bonds is 5. The van der Waals surface area contributed by atoms with E-state index in [2.05, 4.69) is 20.6 Å². The molecule has 0 spiro atoms. The van der Waals surface area contributed by atoms with Gasteiger partial charge < -0.3 is 20.1 Å². The van der Waals surface area contributed by atoms with Gasteiger partial charge in [0, 0.05) is 17.7 Å². The number of ether oxygens (including phenoxy) is 2. The number of nitrogens with zero attached hydrogens (tertiary/aromatic N) is 2. The molecule has 2 aromatic rings. The van der Waals surface area contributed by atoms with Gasteiger partial charge in [0.25, 0.3) is 0 Å². The van der Waals surface area contributed by atoms with Crippen LogP contribution in [0.2, 0.25) is 0 Å². The van der Waals surface area contributed by atoms with Crippen LogP contribution in [0.1, 0.15) is 32.1 Å². The van der Waals surface area contributed by atoms with Crippen molar-refractivity contribution in [2.45, 2.75) is 56.4 Å². The Morgan fingerprint density at radius 1 is 0.933 bits per heavy atom. The van der Waals surface area contributed by atoms with Gasteiger partial charge in [-0.25, -0.2) is 9.97 Å². The zero-order chi connectivity index (χ0) is 20.3. The standard InChI is InChI=1S/C23H28N4O3/c28-22(16-9-5-2-6-10-16)25-18-13-29-21-19(14-30-20(18)21)27-23-24-12-11-17(26-23)15-7-3-1-4-8-15/h1,3-4,7-8,11-12,16,18-21H,2,5-6,9-10,13-14H2,(H,25,28)(H,24,26,27)/t18-,19-,20+,21+/m0/s1. The average Bonchev–Trinajstić information content (AvgIpc) is 3.38. The van der Waals surface area contributed by atoms with Crippen molar-refractivity contribution in [1.82, 2.24) is 15.3 Å². The highest BCUT2D eigenvalue weighted by Gasteiger charge is 2.48. The van der Waals surface area contributed by atoms with Gasteiger partial charge in [0.1, 0.15) is 12.2 Å². The fourth-order valence-corrected chi connectivity index (χ4v) is 4.78. The summed E-state index contributed by atoms with van der Waals surface area (Å²) in [4.78, 5) is 21.6. The van der Waals surface area contributed by atoms with Crippen molar-refractivity contribution in [1.29, 1.82) is 0 Å². The molecule has 1 saturated carbocycles. The van der Waals surface area contributed by atoms with Crippen LogP contribution in [0.25, 0.3) is 11.3 Å². The fourth-order valence-electron chi connectivity index (χ4n) is 4.78. The third-order valence-corrected chi connectivity index (χ3v) is 6.40. The molecule has 3 heterocycles. The third kappa shape index (κ3) is 4.04. The van der Waals surface area contributed by atoms with Gasteiger partial charge in [-0.15, -0.1) is 0 Å². The molecule has 7 heteroatoms. The van der Waals surface area contributed by atoms with E-state index in [0.29, 0.717) is 19.2 Å². The molecule has 0 unspecified atom stereocenters. The summed E-state index contributed by atoms with van der Waals surface area (Å²) in [7, 11) is 0. The number of hydrogen-bond acceptors (Lipinski definition) is 6. The molecule has 5 rings (SSSR count). The molecule has 1 amide bonds. The Balaban J connectivity index is 1.21. The van der Waals surface area contributed by atoms with E-state index in [0.717, 1.165) is 36.9 Å². The summed E-state index contributed by atoms with van der Waals surface area (Å²) in [6.45, 7) is 0.987. The van der Waals surface area contributed by atoms with Crippen LogP contribution in [0.4, 0.5) is 5.95 Å². The number of benzene rings is 1. The topological polar surface area (TPSA) is 85.4 Å². The number of nitrogens with one attached hydrogen (secondary N) is 2. The van der Waals surface area contributed by atoms with E-state index >= 15 is 0 Å². The summed E-state index contributed by atoms with van der Waals surface area (Å²) in [6, 6.07) is 11.8. The second-order valence-corrected chi connectivity index (χ2v) is 8.43. The highest BCUT2D eigenvalue weighted by molar-refractivity contribution is 5.79. The first-order valence-electron chi connectivity index (χ1n) is 11.0. The van der Waals surface area contributed by atoms with Crippen LogP contribution in [-0.2, 0) is 14.3 Å². The van der Waals surface area contributed by atoms with Crippen LogP contribution in [-0.4, -0.2) is 53.4 Å². The number of anilines is 1. The van der Waals surface area contributed by atoms with Gasteiger partial charge in [0.2, 0.25) is 11.9 Å². The van der Waals surface area contributed by atoms with E-state index in [-0.39, 0.29) is 36.1 Å². The molecule has 3 aliphatic rings. The Hall–Kier alpha value is -2.51. The summed E-state index contributed by atoms with van der Waals surface area (Å²) in [5.41, 5.74) is 1.92. The van der Waals surface area contributed by atoms with Crippen LogP contribution < -0.4 is 10.6 Å². The summed E-state index contributed by atoms with van der Waals surface area (Å²) in [5.74, 6) is 0.856. The molecule has 1 aromatic carbocycles. The van der Waals surface area contributed by atoms with Crippen molar-refractivity contribution in [3.63, 3.8) is 0 Å². The number of carbonyl (C=O) groups is 1. The molecular weight excluding hydrogens is 380 g/mol. The van der Waals surface area contributed by atoms with Crippen molar-refractivity contribution in [3.8, 4) is 11.3 Å². The van der Waals surface area contributed by atoms with Gasteiger partial charge in [0.15, 0.2) is 0 Å². The number of carbonyl (C=O) groups excluding carboxylic acids is 1. The minimum Gasteiger partial charge on any atom is -0.371 e. The van der Waals surface area contributed by atoms with Gasteiger partial charge in [0.05, 0.1) is 31.0 Å². The number of aromatic nitrogens is 2. The maximum absolute atomic E-state index is 12.6. The van der Waals surface area contributed by atoms with Crippen LogP contribution in [0.3, 0.4) is 0 Å². The van der Waals surface area contributed by atoms with E-state index in [1.165, 1.54) is 6.42 Å². The highest BCUT2D eigenvalue weighted by atomic mass is 16.6. The van der Waals surface area contributed by atoms with Gasteiger partial charge in [-0.3, -0.25) is 4.79 Å². The molecule has 1 aromatic heterocycles. The molecule has 0 bridgehead atoms. The van der Waals surface area contributed by atoms with Crippen molar-refractivity contribution in [3.05, 3.63) is 42.6 Å². The fraction of sp³-hybridized carbons (Fsp3) is 0.522. The Kier molecular flexibility index (Phi) is 5.64. The van der Waals surface area contributed by atoms with Crippen LogP contribution in [0.15, 0.2) is 42.6 Å². The molecule has 2 aliphatic heterocycles. The summed E-state index contributed by atoms with van der Waals surface area (Å²) < 4.78 is 12.0. The van der Waals surface area contributed by atoms with Crippen molar-refractivity contribution in [2.24, 2.45) is 5.92 Å². The van der Waals surface area contributed by atoms with E-state index in [4.69, 9.17) is 9.47 Å². The molecule has 2 saturated heterocycles. The molecule has 0 radical (unpaired) electrons. The number of hydrogen-bond donors (Lipinski definition) is 2. The van der Waals surface area contributed by atoms with Crippen LogP contribution in [0, 0.1) is 5.92 Å². The van der Waals surface area contributed by atoms with Crippen LogP contribution in [0.5, 0.6) is 0 Å². The molecule has 3 fully saturated rings. The summed E-state index contributed by atoms with van der Waals surface area (Å²) in [6.07, 6.45) is 7.03. The predicted octanol–water partition coefficient (Wildman–Crippen LogP) is 2.79. The lowest BCUT2D eigenvalue weighted by atomic mass is 9.88. The Bertz CT molecular complexity index is 872. The third-order valence-electron chi connectivity index (χ3n) is 6.40. The Labute approximate surface area is 176 Å². The maximum atomic E-state index is 12.6. The SMILES string of the molecule is O=C(N[C@H]1CO[C@H]2[C@@H]1OC[C@@H]2Nc1nccc(-c2ccccc2)n1)C1CCCCC1. The lowest BCUT2D eigenvalue weighted by Gasteiger charge is -2.24. The molecule has 7 nitrogen and oxygen atoms in total. The van der Waals surface area contributed by atoms with E-state index < -0.39 is 0 Å². The van der Waals surface area contributed by atoms with E-state index in [1.807, 2.05) is 36.4 Å². The smallest absolute Gasteiger partial charge is 0.223 e. The molecule has 1 aliphatic carbocycles. The van der Waals surface area contributed by atoms with Gasteiger partial charge in [-0.2, -0.15) is 0 Å². The van der Waals surface area contributed by atoms with Crippen molar-refractivity contribution >= 4 is 11.9 Å².